The number of amides is 2. The molecule has 0 radical (unpaired) electrons. The van der Waals surface area contributed by atoms with Crippen LogP contribution in [0.1, 0.15) is 15.9 Å². The molecule has 2 heterocycles. The van der Waals surface area contributed by atoms with Crippen LogP contribution in [-0.4, -0.2) is 55.2 Å². The first-order valence-corrected chi connectivity index (χ1v) is 14.4. The summed E-state index contributed by atoms with van der Waals surface area (Å²) in [6.07, 6.45) is -0.695. The van der Waals surface area contributed by atoms with Crippen LogP contribution in [-0.2, 0) is 11.3 Å². The van der Waals surface area contributed by atoms with Crippen LogP contribution >= 0.6 is 0 Å². The predicted molar refractivity (Wildman–Crippen MR) is 170 cm³/mol. The summed E-state index contributed by atoms with van der Waals surface area (Å²) in [6, 6.07) is 36.9. The molecule has 1 saturated heterocycles. The van der Waals surface area contributed by atoms with Gasteiger partial charge in [0.2, 0.25) is 0 Å². The lowest BCUT2D eigenvalue weighted by Crippen LogP contribution is -2.48. The molecule has 0 atom stereocenters. The number of fused-ring (bicyclic) bond motifs is 1. The number of hydrogen-bond acceptors (Lipinski definition) is 6. The van der Waals surface area contributed by atoms with E-state index in [0.29, 0.717) is 23.3 Å². The third-order valence-corrected chi connectivity index (χ3v) is 7.73. The second kappa shape index (κ2) is 12.8. The molecule has 0 spiro atoms. The standard InChI is InChI=1S/C35H33N5O3/c1-43-35(42)40(28-17-9-4-10-18-28)37-34(41)32-29-19-11-12-20-31(29)36-33(26-13-5-2-6-14-26)30(32)25-38-21-23-39(24-22-38)27-15-7-3-8-16-27/h2-20H,21-25H2,1H3,(H,37,41). The number of nitrogens with zero attached hydrogens (tertiary/aromatic N) is 4. The van der Waals surface area contributed by atoms with Crippen LogP contribution in [0, 0.1) is 0 Å². The third kappa shape index (κ3) is 6.05. The zero-order valence-electron chi connectivity index (χ0n) is 24.0. The van der Waals surface area contributed by atoms with Gasteiger partial charge in [0.15, 0.2) is 0 Å². The van der Waals surface area contributed by atoms with Gasteiger partial charge < -0.3 is 9.64 Å². The summed E-state index contributed by atoms with van der Waals surface area (Å²) in [5, 5.41) is 1.86. The quantitative estimate of drug-likeness (QED) is 0.247. The molecule has 8 nitrogen and oxygen atoms in total. The molecule has 1 aliphatic rings. The molecule has 0 unspecified atom stereocenters. The van der Waals surface area contributed by atoms with Gasteiger partial charge in [-0.1, -0.05) is 84.9 Å². The number of aromatic nitrogens is 1. The normalized spacial score (nSPS) is 13.5. The molecule has 8 heteroatoms. The van der Waals surface area contributed by atoms with E-state index in [4.69, 9.17) is 9.72 Å². The average Bonchev–Trinajstić information content (AvgIpc) is 3.08. The van der Waals surface area contributed by atoms with E-state index in [-0.39, 0.29) is 0 Å². The molecule has 1 fully saturated rings. The summed E-state index contributed by atoms with van der Waals surface area (Å²) in [5.41, 5.74) is 8.22. The second-order valence-corrected chi connectivity index (χ2v) is 10.4. The Morgan fingerprint density at radius 1 is 0.791 bits per heavy atom. The Hall–Kier alpha value is -5.21. The van der Waals surface area contributed by atoms with Crippen LogP contribution in [0.4, 0.5) is 16.2 Å². The van der Waals surface area contributed by atoms with Crippen molar-refractivity contribution < 1.29 is 14.3 Å². The molecule has 1 aromatic heterocycles. The van der Waals surface area contributed by atoms with Crippen LogP contribution in [0.3, 0.4) is 0 Å². The lowest BCUT2D eigenvalue weighted by molar-refractivity contribution is 0.0940. The molecule has 6 rings (SSSR count). The largest absolute Gasteiger partial charge is 0.451 e. The third-order valence-electron chi connectivity index (χ3n) is 7.73. The molecule has 216 valence electrons. The van der Waals surface area contributed by atoms with E-state index in [0.717, 1.165) is 53.4 Å². The summed E-state index contributed by atoms with van der Waals surface area (Å²) in [6.45, 7) is 3.93. The van der Waals surface area contributed by atoms with Crippen molar-refractivity contribution in [3.05, 3.63) is 126 Å². The topological polar surface area (TPSA) is 78.0 Å². The van der Waals surface area contributed by atoms with Crippen molar-refractivity contribution >= 4 is 34.3 Å². The van der Waals surface area contributed by atoms with Crippen molar-refractivity contribution in [3.63, 3.8) is 0 Å². The zero-order chi connectivity index (χ0) is 29.6. The molecular weight excluding hydrogens is 538 g/mol. The molecule has 0 aliphatic carbocycles. The fourth-order valence-electron chi connectivity index (χ4n) is 5.57. The number of carbonyl (C=O) groups excluding carboxylic acids is 2. The van der Waals surface area contributed by atoms with Crippen molar-refractivity contribution in [2.45, 2.75) is 6.54 Å². The number of piperazine rings is 1. The number of hydrogen-bond donors (Lipinski definition) is 1. The molecule has 1 aliphatic heterocycles. The summed E-state index contributed by atoms with van der Waals surface area (Å²) in [5.74, 6) is -0.414. The van der Waals surface area contributed by atoms with Crippen LogP contribution in [0.5, 0.6) is 0 Å². The summed E-state index contributed by atoms with van der Waals surface area (Å²) < 4.78 is 5.03. The number of methoxy groups -OCH3 is 1. The number of nitrogens with one attached hydrogen (secondary N) is 1. The Morgan fingerprint density at radius 3 is 2.07 bits per heavy atom. The number of benzene rings is 4. The molecule has 0 saturated carbocycles. The van der Waals surface area contributed by atoms with E-state index in [1.54, 1.807) is 24.3 Å². The molecular formula is C35H33N5O3. The van der Waals surface area contributed by atoms with E-state index in [9.17, 15) is 9.59 Å². The summed E-state index contributed by atoms with van der Waals surface area (Å²) in [4.78, 5) is 37.0. The SMILES string of the molecule is COC(=O)N(NC(=O)c1c(CN2CCN(c3ccccc3)CC2)c(-c2ccccc2)nc2ccccc12)c1ccccc1. The number of pyridine rings is 1. The van der Waals surface area contributed by atoms with Gasteiger partial charge in [-0.2, -0.15) is 5.01 Å². The van der Waals surface area contributed by atoms with Gasteiger partial charge in [-0.25, -0.2) is 9.78 Å². The molecule has 0 bridgehead atoms. The van der Waals surface area contributed by atoms with Crippen LogP contribution in [0.25, 0.3) is 22.2 Å². The second-order valence-electron chi connectivity index (χ2n) is 10.4. The minimum absolute atomic E-state index is 0.414. The highest BCUT2D eigenvalue weighted by Gasteiger charge is 2.28. The number of rotatable bonds is 6. The monoisotopic (exact) mass is 571 g/mol. The maximum absolute atomic E-state index is 14.3. The number of para-hydroxylation sites is 3. The highest BCUT2D eigenvalue weighted by Crippen LogP contribution is 2.32. The number of anilines is 2. The van der Waals surface area contributed by atoms with E-state index in [1.807, 2.05) is 66.7 Å². The molecule has 5 aromatic rings. The molecule has 4 aromatic carbocycles. The van der Waals surface area contributed by atoms with Gasteiger partial charge in [-0.15, -0.1) is 0 Å². The number of carbonyl (C=O) groups is 2. The maximum atomic E-state index is 14.3. The predicted octanol–water partition coefficient (Wildman–Crippen LogP) is 6.14. The van der Waals surface area contributed by atoms with E-state index in [1.165, 1.54) is 12.8 Å². The highest BCUT2D eigenvalue weighted by atomic mass is 16.5. The Balaban J connectivity index is 1.41. The number of hydrazine groups is 1. The maximum Gasteiger partial charge on any atom is 0.433 e. The van der Waals surface area contributed by atoms with Crippen LogP contribution < -0.4 is 15.3 Å². The summed E-state index contributed by atoms with van der Waals surface area (Å²) in [7, 11) is 1.29. The van der Waals surface area contributed by atoms with E-state index >= 15 is 0 Å². The van der Waals surface area contributed by atoms with Gasteiger partial charge in [0.25, 0.3) is 5.91 Å². The average molecular weight is 572 g/mol. The fourth-order valence-corrected chi connectivity index (χ4v) is 5.57. The van der Waals surface area contributed by atoms with Gasteiger partial charge in [-0.05, 0) is 30.3 Å². The molecule has 2 amide bonds. The van der Waals surface area contributed by atoms with Gasteiger partial charge in [0.1, 0.15) is 0 Å². The fraction of sp³-hybridized carbons (Fsp3) is 0.171. The minimum atomic E-state index is -0.695. The lowest BCUT2D eigenvalue weighted by Gasteiger charge is -2.36. The highest BCUT2D eigenvalue weighted by molar-refractivity contribution is 6.10. The lowest BCUT2D eigenvalue weighted by atomic mass is 9.95. The van der Waals surface area contributed by atoms with Crippen molar-refractivity contribution in [1.29, 1.82) is 0 Å². The first-order chi connectivity index (χ1) is 21.1. The van der Waals surface area contributed by atoms with Crippen molar-refractivity contribution in [3.8, 4) is 11.3 Å². The Bertz CT molecular complexity index is 1710. The van der Waals surface area contributed by atoms with Gasteiger partial charge in [-0.3, -0.25) is 15.1 Å². The first kappa shape index (κ1) is 27.9. The van der Waals surface area contributed by atoms with E-state index in [2.05, 4.69) is 39.5 Å². The molecule has 43 heavy (non-hydrogen) atoms. The van der Waals surface area contributed by atoms with Crippen LogP contribution in [0.15, 0.2) is 115 Å². The van der Waals surface area contributed by atoms with Crippen molar-refractivity contribution in [1.82, 2.24) is 15.3 Å². The smallest absolute Gasteiger partial charge is 0.433 e. The van der Waals surface area contributed by atoms with Crippen LogP contribution in [0.2, 0.25) is 0 Å². The van der Waals surface area contributed by atoms with E-state index < -0.39 is 12.0 Å². The first-order valence-electron chi connectivity index (χ1n) is 14.4. The van der Waals surface area contributed by atoms with Gasteiger partial charge in [0, 0.05) is 54.9 Å². The van der Waals surface area contributed by atoms with Gasteiger partial charge >= 0.3 is 6.09 Å². The Labute approximate surface area is 251 Å². The minimum Gasteiger partial charge on any atom is -0.451 e. The molecule has 1 N–H and O–H groups in total. The zero-order valence-corrected chi connectivity index (χ0v) is 24.0. The summed E-state index contributed by atoms with van der Waals surface area (Å²) >= 11 is 0. The Kier molecular flexibility index (Phi) is 8.28. The Morgan fingerprint density at radius 2 is 1.40 bits per heavy atom. The van der Waals surface area contributed by atoms with Crippen molar-refractivity contribution in [2.75, 3.05) is 43.2 Å². The van der Waals surface area contributed by atoms with Gasteiger partial charge in [0.05, 0.1) is 29.6 Å². The van der Waals surface area contributed by atoms with Crippen molar-refractivity contribution in [2.24, 2.45) is 0 Å². The number of ether oxygens (including phenoxy) is 1.